The molecule has 0 saturated carbocycles. The number of hydrogen-bond acceptors (Lipinski definition) is 5. The van der Waals surface area contributed by atoms with Gasteiger partial charge in [-0.2, -0.15) is 0 Å². The summed E-state index contributed by atoms with van der Waals surface area (Å²) in [6, 6.07) is -0.342. The van der Waals surface area contributed by atoms with E-state index < -0.39 is 6.35 Å². The number of hydrogen-bond donors (Lipinski definition) is 3. The molecule has 152 valence electrons. The molecule has 0 radical (unpaired) electrons. The molecule has 0 saturated heterocycles. The Morgan fingerprint density at radius 1 is 1.36 bits per heavy atom. The monoisotopic (exact) mass is 385 g/mol. The number of nitrogens with one attached hydrogen (secondary N) is 2. The van der Waals surface area contributed by atoms with Gasteiger partial charge in [0.1, 0.15) is 0 Å². The van der Waals surface area contributed by atoms with Crippen molar-refractivity contribution >= 4 is 18.1 Å². The first-order chi connectivity index (χ1) is 13.3. The molecule has 0 bridgehead atoms. The van der Waals surface area contributed by atoms with Gasteiger partial charge in [-0.05, 0) is 30.6 Å². The van der Waals surface area contributed by atoms with Crippen molar-refractivity contribution in [1.29, 1.82) is 0 Å². The van der Waals surface area contributed by atoms with Gasteiger partial charge in [0.25, 0.3) is 0 Å². The molecule has 1 rings (SSSR count). The number of aliphatic hydroxyl groups excluding tert-OH is 1. The minimum absolute atomic E-state index is 0.152. The maximum absolute atomic E-state index is 11.0. The molecule has 0 fully saturated rings. The summed E-state index contributed by atoms with van der Waals surface area (Å²) in [5, 5.41) is 15.8. The molecule has 1 aliphatic rings. The molecule has 0 spiro atoms. The molecule has 28 heavy (non-hydrogen) atoms. The van der Waals surface area contributed by atoms with Gasteiger partial charge >= 0.3 is 0 Å². The van der Waals surface area contributed by atoms with Crippen LogP contribution in [0.1, 0.15) is 20.8 Å². The van der Waals surface area contributed by atoms with E-state index in [1.54, 1.807) is 19.0 Å². The molecular formula is C21H31N5O2. The molecular weight excluding hydrogens is 354 g/mol. The number of allylic oxidation sites excluding steroid dienone is 6. The molecule has 1 amide bonds. The van der Waals surface area contributed by atoms with Gasteiger partial charge in [-0.25, -0.2) is 4.99 Å². The molecule has 0 aliphatic heterocycles. The van der Waals surface area contributed by atoms with Gasteiger partial charge in [-0.3, -0.25) is 15.1 Å². The molecule has 3 N–H and O–H groups in total. The number of carbonyl (C=O) groups excluding carboxylic acids is 1. The van der Waals surface area contributed by atoms with Gasteiger partial charge in [-0.1, -0.05) is 50.8 Å². The van der Waals surface area contributed by atoms with E-state index in [-0.39, 0.29) is 12.0 Å². The van der Waals surface area contributed by atoms with E-state index in [1.807, 2.05) is 49.5 Å². The number of amides is 1. The Hall–Kier alpha value is -2.93. The first kappa shape index (κ1) is 23.1. The Morgan fingerprint density at radius 3 is 2.61 bits per heavy atom. The predicted molar refractivity (Wildman–Crippen MR) is 116 cm³/mol. The molecule has 0 heterocycles. The Bertz CT molecular complexity index is 729. The first-order valence-electron chi connectivity index (χ1n) is 9.14. The van der Waals surface area contributed by atoms with Gasteiger partial charge in [0.15, 0.2) is 0 Å². The molecule has 1 aliphatic carbocycles. The number of guanidine groups is 1. The van der Waals surface area contributed by atoms with E-state index in [0.717, 1.165) is 17.0 Å². The Morgan fingerprint density at radius 2 is 2.04 bits per heavy atom. The van der Waals surface area contributed by atoms with Crippen LogP contribution in [0.2, 0.25) is 0 Å². The fourth-order valence-corrected chi connectivity index (χ4v) is 2.36. The van der Waals surface area contributed by atoms with Crippen molar-refractivity contribution in [2.24, 2.45) is 15.9 Å². The van der Waals surface area contributed by atoms with Gasteiger partial charge in [0, 0.05) is 19.8 Å². The highest BCUT2D eigenvalue weighted by Gasteiger charge is 2.15. The lowest BCUT2D eigenvalue weighted by Gasteiger charge is -2.28. The SMILES string of the molecule is C=C1C=CC(N=C(NC=O)NC(O)N(C)C(/C=C\C(C)C)=C/C)C=CC1=NC. The topological polar surface area (TPSA) is 89.3 Å². The van der Waals surface area contributed by atoms with Crippen molar-refractivity contribution in [3.05, 3.63) is 60.4 Å². The number of likely N-dealkylation sites (N-methyl/N-ethyl adjacent to an activating group) is 1. The summed E-state index contributed by atoms with van der Waals surface area (Å²) < 4.78 is 0. The van der Waals surface area contributed by atoms with Crippen molar-refractivity contribution < 1.29 is 9.90 Å². The number of nitrogens with zero attached hydrogens (tertiary/aromatic N) is 3. The average Bonchev–Trinajstić information content (AvgIpc) is 2.83. The molecule has 0 aromatic carbocycles. The lowest BCUT2D eigenvalue weighted by atomic mass is 10.2. The van der Waals surface area contributed by atoms with Crippen LogP contribution in [0.4, 0.5) is 0 Å². The van der Waals surface area contributed by atoms with E-state index in [2.05, 4.69) is 41.0 Å². The van der Waals surface area contributed by atoms with Gasteiger partial charge in [-0.15, -0.1) is 0 Å². The number of rotatable bonds is 7. The summed E-state index contributed by atoms with van der Waals surface area (Å²) in [5.74, 6) is 0.543. The van der Waals surface area contributed by atoms with E-state index in [9.17, 15) is 9.90 Å². The Labute approximate surface area is 167 Å². The zero-order valence-electron chi connectivity index (χ0n) is 17.3. The van der Waals surface area contributed by atoms with Crippen LogP contribution in [-0.2, 0) is 4.79 Å². The smallest absolute Gasteiger partial charge is 0.213 e. The summed E-state index contributed by atoms with van der Waals surface area (Å²) in [5.41, 5.74) is 2.37. The van der Waals surface area contributed by atoms with E-state index >= 15 is 0 Å². The maximum atomic E-state index is 11.0. The van der Waals surface area contributed by atoms with Crippen molar-refractivity contribution in [3.63, 3.8) is 0 Å². The zero-order chi connectivity index (χ0) is 21.1. The minimum atomic E-state index is -1.09. The summed E-state index contributed by atoms with van der Waals surface area (Å²) >= 11 is 0. The van der Waals surface area contributed by atoms with Crippen LogP contribution in [0, 0.1) is 5.92 Å². The van der Waals surface area contributed by atoms with Gasteiger partial charge < -0.3 is 15.3 Å². The van der Waals surface area contributed by atoms with E-state index in [1.165, 1.54) is 0 Å². The van der Waals surface area contributed by atoms with Crippen LogP contribution >= 0.6 is 0 Å². The van der Waals surface area contributed by atoms with E-state index in [0.29, 0.717) is 12.3 Å². The summed E-state index contributed by atoms with van der Waals surface area (Å²) in [6.07, 6.45) is 12.6. The van der Waals surface area contributed by atoms with Crippen LogP contribution in [0.3, 0.4) is 0 Å². The highest BCUT2D eigenvalue weighted by molar-refractivity contribution is 6.10. The molecule has 0 aromatic rings. The highest BCUT2D eigenvalue weighted by atomic mass is 16.3. The summed E-state index contributed by atoms with van der Waals surface area (Å²) in [4.78, 5) is 21.2. The predicted octanol–water partition coefficient (Wildman–Crippen LogP) is 2.12. The van der Waals surface area contributed by atoms with Gasteiger partial charge in [0.05, 0.1) is 11.8 Å². The van der Waals surface area contributed by atoms with Gasteiger partial charge in [0.2, 0.25) is 18.7 Å². The molecule has 2 unspecified atom stereocenters. The van der Waals surface area contributed by atoms with Crippen molar-refractivity contribution in [2.45, 2.75) is 33.2 Å². The van der Waals surface area contributed by atoms with Crippen LogP contribution in [0.5, 0.6) is 0 Å². The molecule has 7 nitrogen and oxygen atoms in total. The zero-order valence-corrected chi connectivity index (χ0v) is 17.3. The third-order valence-electron chi connectivity index (χ3n) is 3.98. The fraction of sp³-hybridized carbons (Fsp3) is 0.381. The van der Waals surface area contributed by atoms with Crippen molar-refractivity contribution in [1.82, 2.24) is 15.5 Å². The van der Waals surface area contributed by atoms with Crippen LogP contribution < -0.4 is 10.6 Å². The summed E-state index contributed by atoms with van der Waals surface area (Å²) in [7, 11) is 3.44. The normalized spacial score (nSPS) is 20.6. The van der Waals surface area contributed by atoms with Crippen molar-refractivity contribution in [2.75, 3.05) is 14.1 Å². The highest BCUT2D eigenvalue weighted by Crippen LogP contribution is 2.10. The molecule has 7 heteroatoms. The standard InChI is InChI=1S/C21H31N5O2/c1-7-18(12-8-15(2)3)26(6)21(28)25-20(23-14-27)24-17-10-9-16(4)19(22-5)13-11-17/h7-15,17,21,28H,4H2,1-3,5-6H3,(H2,23,24,25,27)/b12-8-,18-7+,22-19?. The largest absolute Gasteiger partial charge is 0.356 e. The third-order valence-corrected chi connectivity index (χ3v) is 3.98. The number of aliphatic hydroxyl groups is 1. The number of carbonyl (C=O) groups is 1. The second kappa shape index (κ2) is 11.7. The average molecular weight is 386 g/mol. The quantitative estimate of drug-likeness (QED) is 0.206. The van der Waals surface area contributed by atoms with Crippen LogP contribution in [0.15, 0.2) is 70.4 Å². The van der Waals surface area contributed by atoms with E-state index in [4.69, 9.17) is 0 Å². The second-order valence-corrected chi connectivity index (χ2v) is 6.53. The third kappa shape index (κ3) is 7.36. The lowest BCUT2D eigenvalue weighted by Crippen LogP contribution is -2.50. The number of aliphatic imine (C=N–C) groups is 2. The fourth-order valence-electron chi connectivity index (χ4n) is 2.36. The molecule has 2 atom stereocenters. The Balaban J connectivity index is 2.97. The summed E-state index contributed by atoms with van der Waals surface area (Å²) in [6.45, 7) is 9.99. The van der Waals surface area contributed by atoms with Crippen LogP contribution in [0.25, 0.3) is 0 Å². The lowest BCUT2D eigenvalue weighted by molar-refractivity contribution is -0.108. The second-order valence-electron chi connectivity index (χ2n) is 6.53. The molecule has 0 aromatic heterocycles. The first-order valence-corrected chi connectivity index (χ1v) is 9.14. The maximum Gasteiger partial charge on any atom is 0.213 e. The minimum Gasteiger partial charge on any atom is -0.356 e. The Kier molecular flexibility index (Phi) is 9.67. The van der Waals surface area contributed by atoms with Crippen molar-refractivity contribution in [3.8, 4) is 0 Å². The van der Waals surface area contributed by atoms with Crippen LogP contribution in [-0.4, -0.2) is 54.6 Å².